The maximum Gasteiger partial charge on any atom is 0.117 e. The summed E-state index contributed by atoms with van der Waals surface area (Å²) >= 11 is 0. The maximum atomic E-state index is 4.91. The van der Waals surface area contributed by atoms with Gasteiger partial charge < -0.3 is 4.84 Å². The molecule has 0 aromatic heterocycles. The van der Waals surface area contributed by atoms with Crippen LogP contribution in [0, 0.1) is 5.92 Å². The van der Waals surface area contributed by atoms with Crippen LogP contribution < -0.4 is 5.90 Å². The third-order valence-corrected chi connectivity index (χ3v) is 1.35. The van der Waals surface area contributed by atoms with E-state index in [1.54, 1.807) is 0 Å². The Labute approximate surface area is 56.6 Å². The van der Waals surface area contributed by atoms with Crippen LogP contribution in [0.25, 0.3) is 0 Å². The monoisotopic (exact) mass is 129 g/mol. The Hall–Kier alpha value is -0.500. The van der Waals surface area contributed by atoms with Crippen LogP contribution >= 0.6 is 0 Å². The summed E-state index contributed by atoms with van der Waals surface area (Å²) < 4.78 is 0. The molecule has 54 valence electrons. The second kappa shape index (κ2) is 4.39. The predicted octanol–water partition coefficient (Wildman–Crippen LogP) is 1.83. The Balaban J connectivity index is 3.64. The molecule has 0 saturated carbocycles. The van der Waals surface area contributed by atoms with Crippen LogP contribution in [0.3, 0.4) is 0 Å². The molecule has 0 aliphatic carbocycles. The van der Waals surface area contributed by atoms with Crippen molar-refractivity contribution in [3.05, 3.63) is 11.8 Å². The molecule has 0 saturated heterocycles. The van der Waals surface area contributed by atoms with Crippen molar-refractivity contribution in [2.45, 2.75) is 27.2 Å². The van der Waals surface area contributed by atoms with E-state index in [9.17, 15) is 0 Å². The highest BCUT2D eigenvalue weighted by Crippen LogP contribution is 2.05. The zero-order chi connectivity index (χ0) is 7.28. The van der Waals surface area contributed by atoms with Crippen molar-refractivity contribution in [3.63, 3.8) is 0 Å². The molecular formula is C7H15NO. The molecule has 0 amide bonds. The maximum absolute atomic E-state index is 4.91. The van der Waals surface area contributed by atoms with E-state index in [1.165, 1.54) is 0 Å². The first-order chi connectivity index (χ1) is 4.20. The topological polar surface area (TPSA) is 35.2 Å². The van der Waals surface area contributed by atoms with E-state index in [0.29, 0.717) is 5.92 Å². The van der Waals surface area contributed by atoms with Gasteiger partial charge in [-0.25, -0.2) is 0 Å². The zero-order valence-electron chi connectivity index (χ0n) is 6.35. The van der Waals surface area contributed by atoms with Crippen molar-refractivity contribution >= 4 is 0 Å². The first-order valence-corrected chi connectivity index (χ1v) is 3.25. The third-order valence-electron chi connectivity index (χ3n) is 1.35. The summed E-state index contributed by atoms with van der Waals surface area (Å²) in [6.07, 6.45) is 3.14. The van der Waals surface area contributed by atoms with Gasteiger partial charge in [-0.05, 0) is 25.3 Å². The number of hydrogen-bond acceptors (Lipinski definition) is 2. The van der Waals surface area contributed by atoms with Gasteiger partial charge >= 0.3 is 0 Å². The van der Waals surface area contributed by atoms with E-state index in [-0.39, 0.29) is 0 Å². The largest absolute Gasteiger partial charge is 0.417 e. The fraction of sp³-hybridized carbons (Fsp3) is 0.714. The first kappa shape index (κ1) is 8.50. The molecule has 0 rings (SSSR count). The van der Waals surface area contributed by atoms with Gasteiger partial charge in [0.1, 0.15) is 5.76 Å². The second-order valence-corrected chi connectivity index (χ2v) is 2.28. The smallest absolute Gasteiger partial charge is 0.117 e. The van der Waals surface area contributed by atoms with Gasteiger partial charge in [-0.2, -0.15) is 5.90 Å². The molecule has 0 radical (unpaired) electrons. The summed E-state index contributed by atoms with van der Waals surface area (Å²) in [7, 11) is 0. The van der Waals surface area contributed by atoms with Gasteiger partial charge in [0, 0.05) is 0 Å². The SMILES string of the molecule is CCC(C)/C=C(/C)ON. The van der Waals surface area contributed by atoms with Crippen LogP contribution in [0.4, 0.5) is 0 Å². The molecule has 0 aromatic carbocycles. The van der Waals surface area contributed by atoms with E-state index < -0.39 is 0 Å². The van der Waals surface area contributed by atoms with Gasteiger partial charge in [0.15, 0.2) is 0 Å². The molecule has 9 heavy (non-hydrogen) atoms. The molecule has 0 aliphatic heterocycles. The Morgan fingerprint density at radius 2 is 2.33 bits per heavy atom. The molecule has 0 bridgehead atoms. The number of allylic oxidation sites excluding steroid dienone is 2. The lowest BCUT2D eigenvalue weighted by molar-refractivity contribution is 0.219. The molecular weight excluding hydrogens is 114 g/mol. The van der Waals surface area contributed by atoms with Gasteiger partial charge in [-0.15, -0.1) is 0 Å². The minimum absolute atomic E-state index is 0.563. The van der Waals surface area contributed by atoms with Crippen LogP contribution in [0.1, 0.15) is 27.2 Å². The molecule has 0 aromatic rings. The summed E-state index contributed by atoms with van der Waals surface area (Å²) in [5.74, 6) is 6.27. The third kappa shape index (κ3) is 4.03. The van der Waals surface area contributed by atoms with Crippen LogP contribution in [0.15, 0.2) is 11.8 Å². The Bertz CT molecular complexity index is 99.1. The molecule has 2 heteroatoms. The van der Waals surface area contributed by atoms with Crippen LogP contribution in [0.2, 0.25) is 0 Å². The van der Waals surface area contributed by atoms with E-state index >= 15 is 0 Å². The standard InChI is InChI=1S/C7H15NO/c1-4-6(2)5-7(3)9-8/h5-6H,4,8H2,1-3H3/b7-5-. The van der Waals surface area contributed by atoms with Crippen LogP contribution in [-0.2, 0) is 4.84 Å². The summed E-state index contributed by atoms with van der Waals surface area (Å²) in [5.41, 5.74) is 0. The highest BCUT2D eigenvalue weighted by Gasteiger charge is 1.93. The lowest BCUT2D eigenvalue weighted by Crippen LogP contribution is -1.97. The highest BCUT2D eigenvalue weighted by molar-refractivity contribution is 4.90. The van der Waals surface area contributed by atoms with Crippen molar-refractivity contribution < 1.29 is 4.84 Å². The second-order valence-electron chi connectivity index (χ2n) is 2.28. The Kier molecular flexibility index (Phi) is 4.14. The highest BCUT2D eigenvalue weighted by atomic mass is 16.6. The normalized spacial score (nSPS) is 15.3. The van der Waals surface area contributed by atoms with Crippen molar-refractivity contribution in [2.75, 3.05) is 0 Å². The molecule has 0 aliphatic rings. The van der Waals surface area contributed by atoms with Crippen molar-refractivity contribution in [1.29, 1.82) is 0 Å². The van der Waals surface area contributed by atoms with Gasteiger partial charge in [-0.3, -0.25) is 0 Å². The summed E-state index contributed by atoms with van der Waals surface area (Å²) in [4.78, 5) is 4.48. The van der Waals surface area contributed by atoms with Gasteiger partial charge in [0.05, 0.1) is 0 Å². The van der Waals surface area contributed by atoms with E-state index in [0.717, 1.165) is 12.2 Å². The van der Waals surface area contributed by atoms with Crippen LogP contribution in [-0.4, -0.2) is 0 Å². The summed E-state index contributed by atoms with van der Waals surface area (Å²) in [6, 6.07) is 0. The molecule has 2 nitrogen and oxygen atoms in total. The van der Waals surface area contributed by atoms with E-state index in [1.807, 2.05) is 13.0 Å². The average Bonchev–Trinajstić information content (AvgIpc) is 1.87. The van der Waals surface area contributed by atoms with Crippen molar-refractivity contribution in [1.82, 2.24) is 0 Å². The predicted molar refractivity (Wildman–Crippen MR) is 38.5 cm³/mol. The fourth-order valence-corrected chi connectivity index (χ4v) is 0.558. The van der Waals surface area contributed by atoms with Crippen LogP contribution in [0.5, 0.6) is 0 Å². The number of nitrogens with two attached hydrogens (primary N) is 1. The number of rotatable bonds is 3. The van der Waals surface area contributed by atoms with E-state index in [4.69, 9.17) is 5.90 Å². The van der Waals surface area contributed by atoms with Gasteiger partial charge in [-0.1, -0.05) is 13.8 Å². The fourth-order valence-electron chi connectivity index (χ4n) is 0.558. The molecule has 0 heterocycles. The quantitative estimate of drug-likeness (QED) is 0.466. The lowest BCUT2D eigenvalue weighted by atomic mass is 10.1. The van der Waals surface area contributed by atoms with Gasteiger partial charge in [0.2, 0.25) is 0 Å². The molecule has 1 unspecified atom stereocenters. The minimum atomic E-state index is 0.563. The summed E-state index contributed by atoms with van der Waals surface area (Å²) in [5, 5.41) is 0. The zero-order valence-corrected chi connectivity index (χ0v) is 6.35. The molecule has 1 atom stereocenters. The lowest BCUT2D eigenvalue weighted by Gasteiger charge is -2.02. The summed E-state index contributed by atoms with van der Waals surface area (Å²) in [6.45, 7) is 6.11. The molecule has 0 spiro atoms. The van der Waals surface area contributed by atoms with E-state index in [2.05, 4.69) is 18.7 Å². The van der Waals surface area contributed by atoms with Crippen molar-refractivity contribution in [3.8, 4) is 0 Å². The Morgan fingerprint density at radius 1 is 1.78 bits per heavy atom. The Morgan fingerprint density at radius 3 is 2.67 bits per heavy atom. The van der Waals surface area contributed by atoms with Crippen molar-refractivity contribution in [2.24, 2.45) is 11.8 Å². The number of hydrogen-bond donors (Lipinski definition) is 1. The minimum Gasteiger partial charge on any atom is -0.417 e. The average molecular weight is 129 g/mol. The molecule has 2 N–H and O–H groups in total. The van der Waals surface area contributed by atoms with Gasteiger partial charge in [0.25, 0.3) is 0 Å². The molecule has 0 fully saturated rings. The first-order valence-electron chi connectivity index (χ1n) is 3.25.